The maximum Gasteiger partial charge on any atom is 0.304 e. The summed E-state index contributed by atoms with van der Waals surface area (Å²) in [5, 5.41) is 11.2. The topological polar surface area (TPSA) is 86.7 Å². The Bertz CT molecular complexity index is 261. The zero-order valence-corrected chi connectivity index (χ0v) is 8.36. The Morgan fingerprint density at radius 2 is 1.87 bits per heavy atom. The minimum Gasteiger partial charge on any atom is -0.481 e. The van der Waals surface area contributed by atoms with Crippen LogP contribution < -0.4 is 5.32 Å². The molecule has 84 valence electrons. The molecule has 0 aliphatic carbocycles. The molecule has 0 aromatic heterocycles. The molecular weight excluding hydrogens is 200 g/mol. The van der Waals surface area contributed by atoms with Crippen molar-refractivity contribution < 1.29 is 19.5 Å². The molecule has 0 radical (unpaired) electrons. The highest BCUT2D eigenvalue weighted by Gasteiger charge is 2.27. The molecule has 0 aromatic rings. The van der Waals surface area contributed by atoms with Gasteiger partial charge in [-0.3, -0.25) is 19.3 Å². The van der Waals surface area contributed by atoms with Gasteiger partial charge in [0.2, 0.25) is 11.8 Å². The summed E-state index contributed by atoms with van der Waals surface area (Å²) in [6.07, 6.45) is 0.643. The number of imide groups is 1. The summed E-state index contributed by atoms with van der Waals surface area (Å²) in [5.74, 6) is -1.14. The molecule has 0 spiro atoms. The molecule has 15 heavy (non-hydrogen) atoms. The molecule has 1 aliphatic heterocycles. The van der Waals surface area contributed by atoms with Crippen molar-refractivity contribution in [2.75, 3.05) is 19.6 Å². The lowest BCUT2D eigenvalue weighted by atomic mass is 10.4. The van der Waals surface area contributed by atoms with E-state index in [1.807, 2.05) is 0 Å². The van der Waals surface area contributed by atoms with Crippen molar-refractivity contribution in [3.8, 4) is 0 Å². The highest BCUT2D eigenvalue weighted by atomic mass is 16.4. The third kappa shape index (κ3) is 3.67. The van der Waals surface area contributed by atoms with Crippen LogP contribution in [0, 0.1) is 0 Å². The minimum atomic E-state index is -0.865. The van der Waals surface area contributed by atoms with E-state index in [0.29, 0.717) is 32.5 Å². The molecule has 2 amide bonds. The molecule has 1 rings (SSSR count). The van der Waals surface area contributed by atoms with Crippen molar-refractivity contribution in [2.24, 2.45) is 0 Å². The number of hydrogen-bond donors (Lipinski definition) is 2. The van der Waals surface area contributed by atoms with E-state index in [1.165, 1.54) is 4.90 Å². The van der Waals surface area contributed by atoms with Gasteiger partial charge in [-0.05, 0) is 0 Å². The average Bonchev–Trinajstić information content (AvgIpc) is 2.47. The fraction of sp³-hybridized carbons (Fsp3) is 0.667. The Hall–Kier alpha value is -1.43. The van der Waals surface area contributed by atoms with Crippen LogP contribution in [0.1, 0.15) is 19.3 Å². The second-order valence-electron chi connectivity index (χ2n) is 3.33. The van der Waals surface area contributed by atoms with E-state index >= 15 is 0 Å². The molecule has 0 atom stereocenters. The summed E-state index contributed by atoms with van der Waals surface area (Å²) >= 11 is 0. The van der Waals surface area contributed by atoms with E-state index in [9.17, 15) is 14.4 Å². The van der Waals surface area contributed by atoms with E-state index in [4.69, 9.17) is 5.11 Å². The van der Waals surface area contributed by atoms with Gasteiger partial charge in [0.05, 0.1) is 6.42 Å². The summed E-state index contributed by atoms with van der Waals surface area (Å²) in [6.45, 7) is 1.13. The Kier molecular flexibility index (Phi) is 4.23. The molecule has 0 saturated carbocycles. The molecule has 1 fully saturated rings. The SMILES string of the molecule is O=C(O)CCNCCN1C(=O)CCC1=O. The third-order valence-electron chi connectivity index (χ3n) is 2.18. The maximum absolute atomic E-state index is 11.1. The molecule has 1 aliphatic rings. The van der Waals surface area contributed by atoms with Crippen LogP contribution >= 0.6 is 0 Å². The van der Waals surface area contributed by atoms with Crippen LogP contribution in [0.3, 0.4) is 0 Å². The normalized spacial score (nSPS) is 16.1. The predicted octanol–water partition coefficient (Wildman–Crippen LogP) is -0.800. The lowest BCUT2D eigenvalue weighted by Gasteiger charge is -2.13. The van der Waals surface area contributed by atoms with Gasteiger partial charge >= 0.3 is 5.97 Å². The van der Waals surface area contributed by atoms with Crippen molar-refractivity contribution in [1.29, 1.82) is 0 Å². The van der Waals surface area contributed by atoms with Gasteiger partial charge in [-0.2, -0.15) is 0 Å². The zero-order valence-electron chi connectivity index (χ0n) is 8.36. The smallest absolute Gasteiger partial charge is 0.304 e. The molecule has 0 unspecified atom stereocenters. The fourth-order valence-corrected chi connectivity index (χ4v) is 1.38. The predicted molar refractivity (Wildman–Crippen MR) is 51.1 cm³/mol. The first kappa shape index (κ1) is 11.6. The highest BCUT2D eigenvalue weighted by molar-refractivity contribution is 6.01. The quantitative estimate of drug-likeness (QED) is 0.446. The second kappa shape index (κ2) is 5.45. The number of likely N-dealkylation sites (tertiary alicyclic amines) is 1. The Morgan fingerprint density at radius 3 is 2.40 bits per heavy atom. The molecule has 6 nitrogen and oxygen atoms in total. The lowest BCUT2D eigenvalue weighted by molar-refractivity contribution is -0.139. The summed E-state index contributed by atoms with van der Waals surface area (Å²) in [4.78, 5) is 33.7. The number of nitrogens with zero attached hydrogens (tertiary/aromatic N) is 1. The Labute approximate surface area is 87.2 Å². The molecule has 1 saturated heterocycles. The van der Waals surface area contributed by atoms with Gasteiger partial charge in [-0.25, -0.2) is 0 Å². The first-order valence-electron chi connectivity index (χ1n) is 4.87. The Morgan fingerprint density at radius 1 is 1.27 bits per heavy atom. The van der Waals surface area contributed by atoms with Gasteiger partial charge in [0.15, 0.2) is 0 Å². The number of rotatable bonds is 6. The van der Waals surface area contributed by atoms with Crippen molar-refractivity contribution in [1.82, 2.24) is 10.2 Å². The van der Waals surface area contributed by atoms with Gasteiger partial charge in [0, 0.05) is 32.5 Å². The van der Waals surface area contributed by atoms with E-state index in [2.05, 4.69) is 5.32 Å². The largest absolute Gasteiger partial charge is 0.481 e. The second-order valence-corrected chi connectivity index (χ2v) is 3.33. The van der Waals surface area contributed by atoms with E-state index < -0.39 is 5.97 Å². The maximum atomic E-state index is 11.1. The number of carboxylic acids is 1. The van der Waals surface area contributed by atoms with Crippen molar-refractivity contribution in [2.45, 2.75) is 19.3 Å². The monoisotopic (exact) mass is 214 g/mol. The van der Waals surface area contributed by atoms with Gasteiger partial charge in [-0.15, -0.1) is 0 Å². The number of carbonyl (C=O) groups is 3. The standard InChI is InChI=1S/C9H14N2O4/c12-7-1-2-8(13)11(7)6-5-10-4-3-9(14)15/h10H,1-6H2,(H,14,15). The highest BCUT2D eigenvalue weighted by Crippen LogP contribution is 2.10. The third-order valence-corrected chi connectivity index (χ3v) is 2.18. The van der Waals surface area contributed by atoms with Crippen LogP contribution in [-0.4, -0.2) is 47.4 Å². The number of aliphatic carboxylic acids is 1. The van der Waals surface area contributed by atoms with Crippen molar-refractivity contribution >= 4 is 17.8 Å². The molecule has 0 bridgehead atoms. The molecule has 1 heterocycles. The molecular formula is C9H14N2O4. The van der Waals surface area contributed by atoms with Gasteiger partial charge < -0.3 is 10.4 Å². The van der Waals surface area contributed by atoms with E-state index in [0.717, 1.165) is 0 Å². The summed E-state index contributed by atoms with van der Waals surface area (Å²) < 4.78 is 0. The first-order chi connectivity index (χ1) is 7.11. The summed E-state index contributed by atoms with van der Waals surface area (Å²) in [5.41, 5.74) is 0. The lowest BCUT2D eigenvalue weighted by Crippen LogP contribution is -2.36. The number of nitrogens with one attached hydrogen (secondary N) is 1. The van der Waals surface area contributed by atoms with Crippen LogP contribution in [0.25, 0.3) is 0 Å². The van der Waals surface area contributed by atoms with Gasteiger partial charge in [0.1, 0.15) is 0 Å². The molecule has 6 heteroatoms. The van der Waals surface area contributed by atoms with Crippen LogP contribution in [0.2, 0.25) is 0 Å². The summed E-state index contributed by atoms with van der Waals surface area (Å²) in [6, 6.07) is 0. The fourth-order valence-electron chi connectivity index (χ4n) is 1.38. The number of amides is 2. The van der Waals surface area contributed by atoms with Gasteiger partial charge in [-0.1, -0.05) is 0 Å². The van der Waals surface area contributed by atoms with E-state index in [-0.39, 0.29) is 18.2 Å². The van der Waals surface area contributed by atoms with Gasteiger partial charge in [0.25, 0.3) is 0 Å². The summed E-state index contributed by atoms with van der Waals surface area (Å²) in [7, 11) is 0. The number of hydrogen-bond acceptors (Lipinski definition) is 4. The minimum absolute atomic E-state index is 0.0435. The Balaban J connectivity index is 2.12. The van der Waals surface area contributed by atoms with Crippen LogP contribution in [0.4, 0.5) is 0 Å². The number of carbonyl (C=O) groups excluding carboxylic acids is 2. The number of carboxylic acid groups (broad SMARTS) is 1. The van der Waals surface area contributed by atoms with Crippen LogP contribution in [0.15, 0.2) is 0 Å². The van der Waals surface area contributed by atoms with Crippen molar-refractivity contribution in [3.63, 3.8) is 0 Å². The van der Waals surface area contributed by atoms with E-state index in [1.54, 1.807) is 0 Å². The zero-order chi connectivity index (χ0) is 11.3. The average molecular weight is 214 g/mol. The van der Waals surface area contributed by atoms with Crippen LogP contribution in [0.5, 0.6) is 0 Å². The molecule has 2 N–H and O–H groups in total. The van der Waals surface area contributed by atoms with Crippen LogP contribution in [-0.2, 0) is 14.4 Å². The first-order valence-corrected chi connectivity index (χ1v) is 4.87. The van der Waals surface area contributed by atoms with Crippen molar-refractivity contribution in [3.05, 3.63) is 0 Å². The molecule has 0 aromatic carbocycles.